The van der Waals surface area contributed by atoms with Crippen LogP contribution in [0.1, 0.15) is 20.3 Å². The van der Waals surface area contributed by atoms with Crippen molar-refractivity contribution < 1.29 is 9.59 Å². The van der Waals surface area contributed by atoms with E-state index >= 15 is 0 Å². The lowest BCUT2D eigenvalue weighted by atomic mass is 10.0. The molecule has 0 aromatic heterocycles. The smallest absolute Gasteiger partial charge is 0.252 e. The maximum Gasteiger partial charge on any atom is 0.252 e. The van der Waals surface area contributed by atoms with Crippen LogP contribution in [0.3, 0.4) is 0 Å². The number of benzene rings is 1. The fourth-order valence-corrected chi connectivity index (χ4v) is 1.97. The summed E-state index contributed by atoms with van der Waals surface area (Å²) in [6.07, 6.45) is 0.337. The van der Waals surface area contributed by atoms with Crippen molar-refractivity contribution in [1.29, 1.82) is 0 Å². The van der Waals surface area contributed by atoms with E-state index in [-0.39, 0.29) is 11.8 Å². The molecule has 0 saturated carbocycles. The van der Waals surface area contributed by atoms with E-state index in [4.69, 9.17) is 0 Å². The van der Waals surface area contributed by atoms with E-state index in [0.717, 1.165) is 5.69 Å². The number of carbonyl (C=O) groups is 2. The quantitative estimate of drug-likeness (QED) is 0.793. The van der Waals surface area contributed by atoms with Crippen molar-refractivity contribution in [3.63, 3.8) is 0 Å². The van der Waals surface area contributed by atoms with Crippen LogP contribution in [0.2, 0.25) is 0 Å². The van der Waals surface area contributed by atoms with E-state index in [2.05, 4.69) is 5.32 Å². The van der Waals surface area contributed by atoms with Crippen LogP contribution in [0.5, 0.6) is 0 Å². The normalized spacial score (nSPS) is 19.8. The Morgan fingerprint density at radius 2 is 1.82 bits per heavy atom. The summed E-state index contributed by atoms with van der Waals surface area (Å²) in [5, 5.41) is 2.74. The number of anilines is 1. The second kappa shape index (κ2) is 4.20. The largest absolute Gasteiger partial charge is 0.342 e. The van der Waals surface area contributed by atoms with Crippen molar-refractivity contribution >= 4 is 17.5 Å². The monoisotopic (exact) mass is 232 g/mol. The van der Waals surface area contributed by atoms with Crippen molar-refractivity contribution in [3.8, 4) is 0 Å². The number of hydrogen-bond acceptors (Lipinski definition) is 2. The molecule has 0 aliphatic carbocycles. The first-order valence-electron chi connectivity index (χ1n) is 5.69. The number of nitrogens with one attached hydrogen (secondary N) is 1. The van der Waals surface area contributed by atoms with Gasteiger partial charge in [0.05, 0.1) is 0 Å². The zero-order valence-corrected chi connectivity index (χ0v) is 10.1. The molecular weight excluding hydrogens is 216 g/mol. The van der Waals surface area contributed by atoms with Gasteiger partial charge in [-0.05, 0) is 26.0 Å². The van der Waals surface area contributed by atoms with E-state index < -0.39 is 5.54 Å². The highest BCUT2D eigenvalue weighted by atomic mass is 16.2. The number of hydrogen-bond donors (Lipinski definition) is 1. The van der Waals surface area contributed by atoms with Crippen molar-refractivity contribution in [3.05, 3.63) is 30.3 Å². The topological polar surface area (TPSA) is 49.4 Å². The van der Waals surface area contributed by atoms with Crippen LogP contribution >= 0.6 is 0 Å². The summed E-state index contributed by atoms with van der Waals surface area (Å²) in [6, 6.07) is 9.43. The van der Waals surface area contributed by atoms with E-state index in [0.29, 0.717) is 13.0 Å². The molecule has 1 aromatic carbocycles. The molecule has 1 heterocycles. The van der Waals surface area contributed by atoms with Gasteiger partial charge in [0, 0.05) is 18.7 Å². The Bertz CT molecular complexity index is 440. The number of carbonyl (C=O) groups excluding carboxylic acids is 2. The number of amides is 2. The zero-order chi connectivity index (χ0) is 12.5. The van der Waals surface area contributed by atoms with Gasteiger partial charge in [0.15, 0.2) is 0 Å². The molecule has 0 unspecified atom stereocenters. The summed E-state index contributed by atoms with van der Waals surface area (Å²) in [6.45, 7) is 3.89. The van der Waals surface area contributed by atoms with Gasteiger partial charge in [0.25, 0.3) is 5.91 Å². The summed E-state index contributed by atoms with van der Waals surface area (Å²) in [5.74, 6) is -0.156. The Hall–Kier alpha value is -1.84. The van der Waals surface area contributed by atoms with Crippen molar-refractivity contribution in [2.75, 3.05) is 11.4 Å². The molecular formula is C13H16N2O2. The minimum atomic E-state index is -0.844. The summed E-state index contributed by atoms with van der Waals surface area (Å²) >= 11 is 0. The van der Waals surface area contributed by atoms with E-state index in [1.807, 2.05) is 30.3 Å². The molecule has 1 N–H and O–H groups in total. The summed E-state index contributed by atoms with van der Waals surface area (Å²) in [5.41, 5.74) is -0.00857. The third kappa shape index (κ3) is 2.30. The van der Waals surface area contributed by atoms with Gasteiger partial charge in [-0.3, -0.25) is 9.59 Å². The Morgan fingerprint density at radius 1 is 1.18 bits per heavy atom. The van der Waals surface area contributed by atoms with Gasteiger partial charge < -0.3 is 10.2 Å². The number of para-hydroxylation sites is 1. The molecule has 0 spiro atoms. The second-order valence-electron chi connectivity index (χ2n) is 4.72. The molecule has 0 atom stereocenters. The lowest BCUT2D eigenvalue weighted by molar-refractivity contribution is -0.128. The molecule has 1 fully saturated rings. The third-order valence-corrected chi connectivity index (χ3v) is 2.86. The van der Waals surface area contributed by atoms with Gasteiger partial charge in [0.2, 0.25) is 5.91 Å². The molecule has 2 rings (SSSR count). The van der Waals surface area contributed by atoms with Gasteiger partial charge in [-0.2, -0.15) is 0 Å². The van der Waals surface area contributed by atoms with Crippen LogP contribution in [0.4, 0.5) is 5.69 Å². The van der Waals surface area contributed by atoms with Gasteiger partial charge in [-0.15, -0.1) is 0 Å². The molecule has 1 aliphatic heterocycles. The lowest BCUT2D eigenvalue weighted by Crippen LogP contribution is -2.53. The molecule has 17 heavy (non-hydrogen) atoms. The standard InChI is InChI=1S/C13H16N2O2/c1-13(2)12(17)15(9-8-11(16)14-13)10-6-4-3-5-7-10/h3-7H,8-9H2,1-2H3,(H,14,16). The van der Waals surface area contributed by atoms with Crippen molar-refractivity contribution in [1.82, 2.24) is 5.32 Å². The molecule has 4 nitrogen and oxygen atoms in total. The Morgan fingerprint density at radius 3 is 2.47 bits per heavy atom. The maximum atomic E-state index is 12.3. The van der Waals surface area contributed by atoms with E-state index in [1.165, 1.54) is 0 Å². The average molecular weight is 232 g/mol. The summed E-state index contributed by atoms with van der Waals surface area (Å²) < 4.78 is 0. The SMILES string of the molecule is CC1(C)NC(=O)CCN(c2ccccc2)C1=O. The van der Waals surface area contributed by atoms with Gasteiger partial charge in [-0.25, -0.2) is 0 Å². The first-order valence-corrected chi connectivity index (χ1v) is 5.69. The molecule has 2 amide bonds. The van der Waals surface area contributed by atoms with Crippen LogP contribution in [0, 0.1) is 0 Å². The summed E-state index contributed by atoms with van der Waals surface area (Å²) in [7, 11) is 0. The van der Waals surface area contributed by atoms with Gasteiger partial charge >= 0.3 is 0 Å². The van der Waals surface area contributed by atoms with E-state index in [9.17, 15) is 9.59 Å². The number of nitrogens with zero attached hydrogens (tertiary/aromatic N) is 1. The van der Waals surface area contributed by atoms with Gasteiger partial charge in [-0.1, -0.05) is 18.2 Å². The minimum absolute atomic E-state index is 0.0745. The minimum Gasteiger partial charge on any atom is -0.342 e. The Labute approximate surface area is 101 Å². The fraction of sp³-hybridized carbons (Fsp3) is 0.385. The molecule has 1 aliphatic rings. The highest BCUT2D eigenvalue weighted by Crippen LogP contribution is 2.20. The summed E-state index contributed by atoms with van der Waals surface area (Å²) in [4.78, 5) is 25.5. The van der Waals surface area contributed by atoms with Crippen LogP contribution in [0.25, 0.3) is 0 Å². The first kappa shape index (κ1) is 11.6. The van der Waals surface area contributed by atoms with Crippen LogP contribution < -0.4 is 10.2 Å². The highest BCUT2D eigenvalue weighted by Gasteiger charge is 2.36. The Kier molecular flexibility index (Phi) is 2.88. The Balaban J connectivity index is 2.34. The number of rotatable bonds is 1. The van der Waals surface area contributed by atoms with E-state index in [1.54, 1.807) is 18.7 Å². The molecule has 1 saturated heterocycles. The third-order valence-electron chi connectivity index (χ3n) is 2.86. The van der Waals surface area contributed by atoms with Crippen molar-refractivity contribution in [2.45, 2.75) is 25.8 Å². The fourth-order valence-electron chi connectivity index (χ4n) is 1.97. The molecule has 4 heteroatoms. The zero-order valence-electron chi connectivity index (χ0n) is 10.1. The van der Waals surface area contributed by atoms with Crippen LogP contribution in [-0.4, -0.2) is 23.9 Å². The lowest BCUT2D eigenvalue weighted by Gasteiger charge is -2.28. The van der Waals surface area contributed by atoms with Crippen LogP contribution in [0.15, 0.2) is 30.3 Å². The molecule has 90 valence electrons. The molecule has 0 bridgehead atoms. The predicted molar refractivity (Wildman–Crippen MR) is 65.6 cm³/mol. The van der Waals surface area contributed by atoms with Crippen LogP contribution in [-0.2, 0) is 9.59 Å². The molecule has 1 aromatic rings. The van der Waals surface area contributed by atoms with Crippen molar-refractivity contribution in [2.24, 2.45) is 0 Å². The van der Waals surface area contributed by atoms with Gasteiger partial charge in [0.1, 0.15) is 5.54 Å². The highest BCUT2D eigenvalue weighted by molar-refractivity contribution is 6.03. The first-order chi connectivity index (χ1) is 8.00. The maximum absolute atomic E-state index is 12.3. The predicted octanol–water partition coefficient (Wildman–Crippen LogP) is 1.32. The molecule has 0 radical (unpaired) electrons. The second-order valence-corrected chi connectivity index (χ2v) is 4.72. The average Bonchev–Trinajstić information content (AvgIpc) is 2.38.